The highest BCUT2D eigenvalue weighted by Gasteiger charge is 2.19. The molecule has 1 atom stereocenters. The molecule has 0 spiro atoms. The van der Waals surface area contributed by atoms with Crippen LogP contribution in [0.5, 0.6) is 11.5 Å². The molecule has 0 saturated heterocycles. The Morgan fingerprint density at radius 1 is 1.28 bits per heavy atom. The van der Waals surface area contributed by atoms with Crippen molar-refractivity contribution < 1.29 is 18.8 Å². The van der Waals surface area contributed by atoms with Crippen molar-refractivity contribution in [2.24, 2.45) is 5.92 Å². The molecule has 1 aromatic rings. The molecule has 1 unspecified atom stereocenters. The van der Waals surface area contributed by atoms with Crippen LogP contribution in [0.1, 0.15) is 24.2 Å². The summed E-state index contributed by atoms with van der Waals surface area (Å²) in [5.41, 5.74) is 0.0380. The van der Waals surface area contributed by atoms with E-state index >= 15 is 0 Å². The standard InChI is InChI=1S/C13H19O4P/c1-9(2)8-18(15)13(14)11-6-5-10(16-3)7-12(11)17-4/h5-7,9,18H,8H2,1-4H3. The Morgan fingerprint density at radius 3 is 2.44 bits per heavy atom. The van der Waals surface area contributed by atoms with E-state index in [9.17, 15) is 9.36 Å². The smallest absolute Gasteiger partial charge is 0.222 e. The highest BCUT2D eigenvalue weighted by atomic mass is 31.1. The zero-order chi connectivity index (χ0) is 13.7. The van der Waals surface area contributed by atoms with Gasteiger partial charge >= 0.3 is 0 Å². The van der Waals surface area contributed by atoms with Crippen molar-refractivity contribution in [3.63, 3.8) is 0 Å². The third kappa shape index (κ3) is 3.61. The van der Waals surface area contributed by atoms with Crippen LogP contribution in [0.3, 0.4) is 0 Å². The maximum atomic E-state index is 12.1. The summed E-state index contributed by atoms with van der Waals surface area (Å²) in [6.45, 7) is 3.89. The maximum absolute atomic E-state index is 12.1. The second-order valence-corrected chi connectivity index (χ2v) is 6.13. The monoisotopic (exact) mass is 270 g/mol. The van der Waals surface area contributed by atoms with E-state index in [-0.39, 0.29) is 11.4 Å². The molecule has 0 radical (unpaired) electrons. The zero-order valence-corrected chi connectivity index (χ0v) is 12.1. The summed E-state index contributed by atoms with van der Waals surface area (Å²) >= 11 is 0. The molecule has 0 saturated carbocycles. The van der Waals surface area contributed by atoms with Gasteiger partial charge in [0.15, 0.2) is 0 Å². The molecule has 1 aromatic carbocycles. The first-order chi connectivity index (χ1) is 8.49. The van der Waals surface area contributed by atoms with E-state index in [1.54, 1.807) is 18.2 Å². The summed E-state index contributed by atoms with van der Waals surface area (Å²) in [4.78, 5) is 12.1. The fraction of sp³-hybridized carbons (Fsp3) is 0.462. The lowest BCUT2D eigenvalue weighted by Gasteiger charge is -2.10. The Hall–Kier alpha value is -1.28. The average Bonchev–Trinajstić information content (AvgIpc) is 2.36. The third-order valence-corrected chi connectivity index (χ3v) is 4.46. The molecule has 0 bridgehead atoms. The molecule has 0 N–H and O–H groups in total. The molecular formula is C13H19O4P. The van der Waals surface area contributed by atoms with Gasteiger partial charge in [0.05, 0.1) is 19.8 Å². The van der Waals surface area contributed by atoms with E-state index in [0.29, 0.717) is 23.2 Å². The summed E-state index contributed by atoms with van der Waals surface area (Å²) in [5, 5.41) is 0. The van der Waals surface area contributed by atoms with Gasteiger partial charge in [0.2, 0.25) is 5.52 Å². The van der Waals surface area contributed by atoms with Crippen LogP contribution >= 0.6 is 7.80 Å². The van der Waals surface area contributed by atoms with Crippen molar-refractivity contribution in [3.8, 4) is 11.5 Å². The van der Waals surface area contributed by atoms with Gasteiger partial charge in [0, 0.05) is 12.2 Å². The van der Waals surface area contributed by atoms with Crippen LogP contribution in [0.4, 0.5) is 0 Å². The molecule has 0 aromatic heterocycles. The van der Waals surface area contributed by atoms with Crippen molar-refractivity contribution in [1.29, 1.82) is 0 Å². The third-order valence-electron chi connectivity index (χ3n) is 2.50. The van der Waals surface area contributed by atoms with Gasteiger partial charge in [-0.05, 0) is 18.1 Å². The number of hydrogen-bond acceptors (Lipinski definition) is 4. The summed E-state index contributed by atoms with van der Waals surface area (Å²) in [6.07, 6.45) is 0.429. The van der Waals surface area contributed by atoms with Gasteiger partial charge in [-0.15, -0.1) is 0 Å². The van der Waals surface area contributed by atoms with Crippen LogP contribution in [-0.4, -0.2) is 25.9 Å². The summed E-state index contributed by atoms with van der Waals surface area (Å²) in [5.74, 6) is 1.25. The number of methoxy groups -OCH3 is 2. The average molecular weight is 270 g/mol. The van der Waals surface area contributed by atoms with Gasteiger partial charge in [0.25, 0.3) is 0 Å². The number of benzene rings is 1. The molecule has 100 valence electrons. The summed E-state index contributed by atoms with van der Waals surface area (Å²) < 4.78 is 22.1. The number of rotatable bonds is 6. The van der Waals surface area contributed by atoms with E-state index < -0.39 is 7.80 Å². The van der Waals surface area contributed by atoms with Crippen LogP contribution < -0.4 is 9.47 Å². The van der Waals surface area contributed by atoms with Gasteiger partial charge < -0.3 is 14.0 Å². The van der Waals surface area contributed by atoms with Crippen molar-refractivity contribution >= 4 is 13.3 Å². The molecule has 4 nitrogen and oxygen atoms in total. The van der Waals surface area contributed by atoms with Crippen LogP contribution in [0, 0.1) is 5.92 Å². The summed E-state index contributed by atoms with van der Waals surface area (Å²) in [6, 6.07) is 4.89. The first-order valence-corrected chi connectivity index (χ1v) is 7.40. The first kappa shape index (κ1) is 14.8. The molecular weight excluding hydrogens is 251 g/mol. The van der Waals surface area contributed by atoms with Crippen molar-refractivity contribution in [2.75, 3.05) is 20.4 Å². The Morgan fingerprint density at radius 2 is 1.94 bits per heavy atom. The number of hydrogen-bond donors (Lipinski definition) is 0. The normalized spacial score (nSPS) is 12.3. The molecule has 1 rings (SSSR count). The minimum Gasteiger partial charge on any atom is -0.497 e. The second-order valence-electron chi connectivity index (χ2n) is 4.42. The second kappa shape index (κ2) is 6.60. The van der Waals surface area contributed by atoms with Crippen molar-refractivity contribution in [3.05, 3.63) is 23.8 Å². The molecule has 0 heterocycles. The lowest BCUT2D eigenvalue weighted by Crippen LogP contribution is -2.02. The lowest BCUT2D eigenvalue weighted by molar-refractivity contribution is 0.107. The van der Waals surface area contributed by atoms with E-state index in [0.717, 1.165) is 0 Å². The van der Waals surface area contributed by atoms with Gasteiger partial charge in [-0.1, -0.05) is 13.8 Å². The van der Waals surface area contributed by atoms with Crippen molar-refractivity contribution in [2.45, 2.75) is 13.8 Å². The van der Waals surface area contributed by atoms with E-state index in [1.807, 2.05) is 13.8 Å². The van der Waals surface area contributed by atoms with E-state index in [4.69, 9.17) is 9.47 Å². The highest BCUT2D eigenvalue weighted by Crippen LogP contribution is 2.34. The quantitative estimate of drug-likeness (QED) is 0.745. The van der Waals surface area contributed by atoms with Gasteiger partial charge in [-0.2, -0.15) is 0 Å². The van der Waals surface area contributed by atoms with Crippen LogP contribution in [0.2, 0.25) is 0 Å². The lowest BCUT2D eigenvalue weighted by atomic mass is 10.2. The van der Waals surface area contributed by atoms with Crippen LogP contribution in [-0.2, 0) is 4.57 Å². The van der Waals surface area contributed by atoms with E-state index in [1.165, 1.54) is 14.2 Å². The Balaban J connectivity index is 3.01. The largest absolute Gasteiger partial charge is 0.497 e. The Bertz CT molecular complexity index is 454. The first-order valence-electron chi connectivity index (χ1n) is 5.79. The number of carbonyl (C=O) groups excluding carboxylic acids is 1. The van der Waals surface area contributed by atoms with Crippen LogP contribution in [0.15, 0.2) is 18.2 Å². The minimum atomic E-state index is -2.28. The number of ether oxygens (including phenoxy) is 2. The van der Waals surface area contributed by atoms with Gasteiger partial charge in [0.1, 0.15) is 19.3 Å². The van der Waals surface area contributed by atoms with Gasteiger partial charge in [-0.3, -0.25) is 4.79 Å². The zero-order valence-electron chi connectivity index (χ0n) is 11.1. The molecule has 0 aliphatic carbocycles. The highest BCUT2D eigenvalue weighted by molar-refractivity contribution is 7.64. The Labute approximate surface area is 108 Å². The molecule has 0 fully saturated rings. The topological polar surface area (TPSA) is 52.6 Å². The van der Waals surface area contributed by atoms with E-state index in [2.05, 4.69) is 0 Å². The van der Waals surface area contributed by atoms with Crippen molar-refractivity contribution in [1.82, 2.24) is 0 Å². The predicted octanol–water partition coefficient (Wildman–Crippen LogP) is 3.06. The summed E-state index contributed by atoms with van der Waals surface area (Å²) in [7, 11) is 0.737. The molecule has 0 aliphatic rings. The van der Waals surface area contributed by atoms with Gasteiger partial charge in [-0.25, -0.2) is 0 Å². The Kier molecular flexibility index (Phi) is 5.42. The maximum Gasteiger partial charge on any atom is 0.222 e. The van der Waals surface area contributed by atoms with Crippen LogP contribution in [0.25, 0.3) is 0 Å². The molecule has 0 amide bonds. The molecule has 0 aliphatic heterocycles. The fourth-order valence-electron chi connectivity index (χ4n) is 1.60. The fourth-order valence-corrected chi connectivity index (χ4v) is 3.03. The predicted molar refractivity (Wildman–Crippen MR) is 72.6 cm³/mol. The SMILES string of the molecule is COc1ccc(C(=O)[PH](=O)CC(C)C)c(OC)c1. The molecule has 18 heavy (non-hydrogen) atoms. The minimum absolute atomic E-state index is 0.240. The number of carbonyl (C=O) groups is 1. The molecule has 5 heteroatoms.